The average Bonchev–Trinajstić information content (AvgIpc) is 2.30. The Morgan fingerprint density at radius 3 is 2.43 bits per heavy atom. The molecular weight excluding hydrogens is 358 g/mol. The van der Waals surface area contributed by atoms with E-state index in [1.165, 1.54) is 12.1 Å². The van der Waals surface area contributed by atoms with Crippen molar-refractivity contribution in [2.45, 2.75) is 51.0 Å². The topological polar surface area (TPSA) is 83.5 Å². The van der Waals surface area contributed by atoms with Crippen LogP contribution in [0.3, 0.4) is 0 Å². The summed E-state index contributed by atoms with van der Waals surface area (Å²) < 4.78 is 27.9. The first-order valence-corrected chi connectivity index (χ1v) is 8.85. The molecule has 2 N–H and O–H groups in total. The fourth-order valence-electron chi connectivity index (χ4n) is 2.13. The molecule has 1 aromatic rings. The number of benzene rings is 1. The fourth-order valence-corrected chi connectivity index (χ4v) is 4.24. The van der Waals surface area contributed by atoms with Crippen LogP contribution in [-0.2, 0) is 10.0 Å². The highest BCUT2D eigenvalue weighted by Gasteiger charge is 2.27. The molecule has 5 nitrogen and oxygen atoms in total. The molecule has 0 aliphatic carbocycles. The molecule has 0 fully saturated rings. The van der Waals surface area contributed by atoms with Gasteiger partial charge >= 0.3 is 5.97 Å². The van der Waals surface area contributed by atoms with Crippen molar-refractivity contribution in [2.75, 3.05) is 0 Å². The molecule has 0 spiro atoms. The number of rotatable bonds is 6. The van der Waals surface area contributed by atoms with E-state index in [2.05, 4.69) is 20.7 Å². The van der Waals surface area contributed by atoms with Gasteiger partial charge in [-0.1, -0.05) is 29.3 Å². The number of halogens is 1. The summed E-state index contributed by atoms with van der Waals surface area (Å²) in [7, 11) is -3.78. The predicted molar refractivity (Wildman–Crippen MR) is 85.1 cm³/mol. The van der Waals surface area contributed by atoms with Gasteiger partial charge < -0.3 is 5.11 Å². The van der Waals surface area contributed by atoms with E-state index in [0.29, 0.717) is 16.5 Å². The zero-order valence-electron chi connectivity index (χ0n) is 12.5. The normalized spacial score (nSPS) is 12.4. The molecular formula is C14H20BrNO4S. The lowest BCUT2D eigenvalue weighted by molar-refractivity contribution is 0.0695. The second-order valence-corrected chi connectivity index (χ2v) is 8.16. The van der Waals surface area contributed by atoms with Crippen molar-refractivity contribution in [3.8, 4) is 0 Å². The highest BCUT2D eigenvalue weighted by atomic mass is 79.9. The molecule has 1 aromatic carbocycles. The molecule has 0 aromatic heterocycles. The summed E-state index contributed by atoms with van der Waals surface area (Å²) in [5.41, 5.74) is -0.124. The summed E-state index contributed by atoms with van der Waals surface area (Å²) >= 11 is 3.21. The summed E-state index contributed by atoms with van der Waals surface area (Å²) in [5, 5.41) is 9.16. The van der Waals surface area contributed by atoms with Gasteiger partial charge in [-0.15, -0.1) is 0 Å². The molecule has 0 saturated heterocycles. The first-order valence-electron chi connectivity index (χ1n) is 6.57. The number of aromatic carboxylic acids is 1. The van der Waals surface area contributed by atoms with E-state index in [9.17, 15) is 13.2 Å². The SMILES string of the molecule is CCCC(C)(C)NS(=O)(=O)c1cc(Br)c(C)c(C(=O)O)c1. The number of nitrogens with one attached hydrogen (secondary N) is 1. The molecule has 0 heterocycles. The summed E-state index contributed by atoms with van der Waals surface area (Å²) in [6.07, 6.45) is 1.53. The number of carboxylic acids is 1. The Morgan fingerprint density at radius 1 is 1.38 bits per heavy atom. The molecule has 0 aliphatic heterocycles. The Balaban J connectivity index is 3.30. The lowest BCUT2D eigenvalue weighted by Crippen LogP contribution is -2.43. The van der Waals surface area contributed by atoms with Gasteiger partial charge in [0.2, 0.25) is 10.0 Å². The Labute approximate surface area is 133 Å². The smallest absolute Gasteiger partial charge is 0.336 e. The van der Waals surface area contributed by atoms with E-state index in [4.69, 9.17) is 5.11 Å². The van der Waals surface area contributed by atoms with E-state index in [-0.39, 0.29) is 10.5 Å². The lowest BCUT2D eigenvalue weighted by Gasteiger charge is -2.25. The van der Waals surface area contributed by atoms with Crippen LogP contribution >= 0.6 is 15.9 Å². The first-order chi connectivity index (χ1) is 9.50. The fraction of sp³-hybridized carbons (Fsp3) is 0.500. The summed E-state index contributed by atoms with van der Waals surface area (Å²) in [6, 6.07) is 2.61. The van der Waals surface area contributed by atoms with E-state index in [1.54, 1.807) is 20.8 Å². The Morgan fingerprint density at radius 2 is 1.95 bits per heavy atom. The number of carboxylic acid groups (broad SMARTS) is 1. The van der Waals surface area contributed by atoms with Gasteiger partial charge in [-0.25, -0.2) is 17.9 Å². The average molecular weight is 378 g/mol. The third-order valence-corrected chi connectivity index (χ3v) is 5.65. The van der Waals surface area contributed by atoms with E-state index < -0.39 is 21.5 Å². The first kappa shape index (κ1) is 18.1. The van der Waals surface area contributed by atoms with Crippen molar-refractivity contribution in [3.05, 3.63) is 27.7 Å². The molecule has 1 rings (SSSR count). The standard InChI is InChI=1S/C14H20BrNO4S/c1-5-6-14(3,4)16-21(19,20)10-7-11(13(17)18)9(2)12(15)8-10/h7-8,16H,5-6H2,1-4H3,(H,17,18). The second-order valence-electron chi connectivity index (χ2n) is 5.62. The van der Waals surface area contributed by atoms with Gasteiger partial charge in [0, 0.05) is 10.0 Å². The predicted octanol–water partition coefficient (Wildman–Crippen LogP) is 3.31. The minimum Gasteiger partial charge on any atom is -0.478 e. The van der Waals surface area contributed by atoms with E-state index in [1.807, 2.05) is 6.92 Å². The van der Waals surface area contributed by atoms with Crippen molar-refractivity contribution < 1.29 is 18.3 Å². The van der Waals surface area contributed by atoms with Crippen LogP contribution in [0.1, 0.15) is 49.5 Å². The van der Waals surface area contributed by atoms with Crippen molar-refractivity contribution in [1.82, 2.24) is 4.72 Å². The molecule has 0 aliphatic rings. The molecule has 0 bridgehead atoms. The van der Waals surface area contributed by atoms with Gasteiger partial charge in [0.25, 0.3) is 0 Å². The maximum absolute atomic E-state index is 12.4. The summed E-state index contributed by atoms with van der Waals surface area (Å²) in [4.78, 5) is 11.2. The Hall–Kier alpha value is -0.920. The maximum Gasteiger partial charge on any atom is 0.336 e. The molecule has 118 valence electrons. The van der Waals surface area contributed by atoms with Crippen LogP contribution in [0.25, 0.3) is 0 Å². The van der Waals surface area contributed by atoms with Gasteiger partial charge in [0.05, 0.1) is 10.5 Å². The lowest BCUT2D eigenvalue weighted by atomic mass is 10.0. The molecule has 21 heavy (non-hydrogen) atoms. The van der Waals surface area contributed by atoms with Crippen LogP contribution in [-0.4, -0.2) is 25.0 Å². The molecule has 0 atom stereocenters. The van der Waals surface area contributed by atoms with Gasteiger partial charge in [0.1, 0.15) is 0 Å². The van der Waals surface area contributed by atoms with E-state index >= 15 is 0 Å². The van der Waals surface area contributed by atoms with Crippen LogP contribution in [0.15, 0.2) is 21.5 Å². The van der Waals surface area contributed by atoms with Crippen molar-refractivity contribution in [1.29, 1.82) is 0 Å². The maximum atomic E-state index is 12.4. The minimum atomic E-state index is -3.78. The number of hydrogen-bond acceptors (Lipinski definition) is 3. The van der Waals surface area contributed by atoms with Gasteiger partial charge in [0.15, 0.2) is 0 Å². The Kier molecular flexibility index (Phi) is 5.57. The minimum absolute atomic E-state index is 0.0296. The van der Waals surface area contributed by atoms with Crippen molar-refractivity contribution in [2.24, 2.45) is 0 Å². The monoisotopic (exact) mass is 377 g/mol. The zero-order valence-corrected chi connectivity index (χ0v) is 14.9. The summed E-state index contributed by atoms with van der Waals surface area (Å²) in [5.74, 6) is -1.15. The highest BCUT2D eigenvalue weighted by Crippen LogP contribution is 2.26. The van der Waals surface area contributed by atoms with Crippen LogP contribution in [0.5, 0.6) is 0 Å². The van der Waals surface area contributed by atoms with Crippen LogP contribution in [0.2, 0.25) is 0 Å². The second kappa shape index (κ2) is 6.46. The van der Waals surface area contributed by atoms with Gasteiger partial charge in [-0.2, -0.15) is 0 Å². The van der Waals surface area contributed by atoms with Crippen molar-refractivity contribution in [3.63, 3.8) is 0 Å². The Bertz CT molecular complexity index is 653. The number of sulfonamides is 1. The van der Waals surface area contributed by atoms with Gasteiger partial charge in [-0.3, -0.25) is 0 Å². The molecule has 0 saturated carbocycles. The third-order valence-electron chi connectivity index (χ3n) is 3.14. The van der Waals surface area contributed by atoms with Gasteiger partial charge in [-0.05, 0) is 44.9 Å². The van der Waals surface area contributed by atoms with Crippen LogP contribution in [0.4, 0.5) is 0 Å². The van der Waals surface area contributed by atoms with Crippen molar-refractivity contribution >= 4 is 31.9 Å². The summed E-state index contributed by atoms with van der Waals surface area (Å²) in [6.45, 7) is 7.20. The molecule has 7 heteroatoms. The number of hydrogen-bond donors (Lipinski definition) is 2. The highest BCUT2D eigenvalue weighted by molar-refractivity contribution is 9.10. The third kappa shape index (κ3) is 4.52. The zero-order chi connectivity index (χ0) is 16.4. The quantitative estimate of drug-likeness (QED) is 0.796. The van der Waals surface area contributed by atoms with Crippen LogP contribution in [0, 0.1) is 6.92 Å². The molecule has 0 amide bonds. The molecule has 0 radical (unpaired) electrons. The van der Waals surface area contributed by atoms with E-state index in [0.717, 1.165) is 6.42 Å². The largest absolute Gasteiger partial charge is 0.478 e. The number of carbonyl (C=O) groups is 1. The molecule has 0 unspecified atom stereocenters. The van der Waals surface area contributed by atoms with Crippen LogP contribution < -0.4 is 4.72 Å².